The van der Waals surface area contributed by atoms with Crippen molar-refractivity contribution in [3.63, 3.8) is 0 Å². The molecule has 0 fully saturated rings. The number of aromatic nitrogens is 2. The van der Waals surface area contributed by atoms with Crippen molar-refractivity contribution in [1.82, 2.24) is 9.97 Å². The molecule has 0 saturated carbocycles. The summed E-state index contributed by atoms with van der Waals surface area (Å²) in [5.74, 6) is 0.627. The quantitative estimate of drug-likeness (QED) is 0.188. The van der Waals surface area contributed by atoms with Crippen LogP contribution in [0.4, 0.5) is 0 Å². The Morgan fingerprint density at radius 1 is 0.320 bits per heavy atom. The fraction of sp³-hybridized carbons (Fsp3) is 0. The molecule has 0 atom stereocenters. The lowest BCUT2D eigenvalue weighted by Crippen LogP contribution is -1.97. The molecule has 0 saturated heterocycles. The molecule has 0 amide bonds. The van der Waals surface area contributed by atoms with Crippen LogP contribution in [-0.2, 0) is 0 Å². The Bertz CT molecular complexity index is 2870. The lowest BCUT2D eigenvalue weighted by molar-refractivity contribution is 0.668. The predicted molar refractivity (Wildman–Crippen MR) is 204 cm³/mol. The maximum absolute atomic E-state index is 6.50. The summed E-state index contributed by atoms with van der Waals surface area (Å²) in [4.78, 5) is 10.8. The molecule has 10 rings (SSSR count). The van der Waals surface area contributed by atoms with Gasteiger partial charge in [-0.25, -0.2) is 9.97 Å². The van der Waals surface area contributed by atoms with Gasteiger partial charge in [-0.3, -0.25) is 0 Å². The van der Waals surface area contributed by atoms with E-state index in [0.29, 0.717) is 5.82 Å². The van der Waals surface area contributed by atoms with Crippen LogP contribution in [0.2, 0.25) is 0 Å². The number of fused-ring (bicyclic) bond motifs is 6. The molecule has 10 aromatic rings. The van der Waals surface area contributed by atoms with Crippen molar-refractivity contribution in [3.8, 4) is 56.2 Å². The Balaban J connectivity index is 1.28. The summed E-state index contributed by atoms with van der Waals surface area (Å²) in [7, 11) is 0. The number of nitrogens with zero attached hydrogens (tertiary/aromatic N) is 2. The van der Waals surface area contributed by atoms with E-state index in [4.69, 9.17) is 18.8 Å². The smallest absolute Gasteiger partial charge is 0.161 e. The molecule has 0 radical (unpaired) electrons. The zero-order valence-corrected chi connectivity index (χ0v) is 26.9. The van der Waals surface area contributed by atoms with Gasteiger partial charge in [0.1, 0.15) is 22.3 Å². The number of benzene rings is 7. The van der Waals surface area contributed by atoms with Crippen LogP contribution in [0.15, 0.2) is 179 Å². The standard InChI is InChI=1S/C46H28N2O2/c1-3-13-29(14-4-1)31-17-11-18-32(25-31)38-28-39(34-21-12-24-42-44(34)35-19-7-9-22-40(35)49-42)48-46(47-38)37-26-33(30-15-5-2-6-16-30)27-43-45(37)36-20-8-10-23-41(36)50-43/h1-28H. The molecule has 4 nitrogen and oxygen atoms in total. The summed E-state index contributed by atoms with van der Waals surface area (Å²) in [6.45, 7) is 0. The van der Waals surface area contributed by atoms with Crippen LogP contribution in [0.25, 0.3) is 100 Å². The Kier molecular flexibility index (Phi) is 6.46. The fourth-order valence-electron chi connectivity index (χ4n) is 7.16. The molecule has 3 aromatic heterocycles. The zero-order valence-electron chi connectivity index (χ0n) is 26.9. The van der Waals surface area contributed by atoms with Crippen molar-refractivity contribution in [2.75, 3.05) is 0 Å². The van der Waals surface area contributed by atoms with E-state index >= 15 is 0 Å². The summed E-state index contributed by atoms with van der Waals surface area (Å²) in [5.41, 5.74) is 12.3. The van der Waals surface area contributed by atoms with Gasteiger partial charge in [-0.05, 0) is 64.7 Å². The van der Waals surface area contributed by atoms with Crippen LogP contribution < -0.4 is 0 Å². The average molecular weight is 641 g/mol. The van der Waals surface area contributed by atoms with Crippen molar-refractivity contribution in [2.24, 2.45) is 0 Å². The molecule has 0 aliphatic rings. The van der Waals surface area contributed by atoms with Crippen LogP contribution in [0.5, 0.6) is 0 Å². The highest BCUT2D eigenvalue weighted by atomic mass is 16.3. The Morgan fingerprint density at radius 2 is 0.860 bits per heavy atom. The fourth-order valence-corrected chi connectivity index (χ4v) is 7.16. The van der Waals surface area contributed by atoms with Crippen molar-refractivity contribution in [2.45, 2.75) is 0 Å². The van der Waals surface area contributed by atoms with Gasteiger partial charge in [-0.15, -0.1) is 0 Å². The minimum atomic E-state index is 0.627. The van der Waals surface area contributed by atoms with Gasteiger partial charge in [-0.1, -0.05) is 127 Å². The summed E-state index contributed by atoms with van der Waals surface area (Å²) in [6, 6.07) is 58.4. The molecule has 0 unspecified atom stereocenters. The lowest BCUT2D eigenvalue weighted by atomic mass is 9.97. The van der Waals surface area contributed by atoms with Gasteiger partial charge in [0, 0.05) is 38.2 Å². The van der Waals surface area contributed by atoms with Crippen LogP contribution in [0.1, 0.15) is 0 Å². The molecule has 3 heterocycles. The van der Waals surface area contributed by atoms with Gasteiger partial charge < -0.3 is 8.83 Å². The molecule has 0 N–H and O–H groups in total. The van der Waals surface area contributed by atoms with E-state index in [1.54, 1.807) is 0 Å². The first-order chi connectivity index (χ1) is 24.8. The molecule has 234 valence electrons. The van der Waals surface area contributed by atoms with Crippen LogP contribution >= 0.6 is 0 Å². The van der Waals surface area contributed by atoms with E-state index in [0.717, 1.165) is 94.2 Å². The third kappa shape index (κ3) is 4.69. The minimum absolute atomic E-state index is 0.627. The van der Waals surface area contributed by atoms with E-state index in [9.17, 15) is 0 Å². The van der Waals surface area contributed by atoms with E-state index in [2.05, 4.69) is 121 Å². The van der Waals surface area contributed by atoms with Gasteiger partial charge in [0.25, 0.3) is 0 Å². The predicted octanol–water partition coefficient (Wildman–Crippen LogP) is 12.6. The Morgan fingerprint density at radius 3 is 1.60 bits per heavy atom. The van der Waals surface area contributed by atoms with E-state index in [-0.39, 0.29) is 0 Å². The second kappa shape index (κ2) is 11.4. The minimum Gasteiger partial charge on any atom is -0.456 e. The van der Waals surface area contributed by atoms with Gasteiger partial charge in [0.05, 0.1) is 11.4 Å². The van der Waals surface area contributed by atoms with Crippen LogP contribution in [-0.4, -0.2) is 9.97 Å². The highest BCUT2D eigenvalue weighted by molar-refractivity contribution is 6.14. The molecule has 50 heavy (non-hydrogen) atoms. The number of hydrogen-bond acceptors (Lipinski definition) is 4. The first kappa shape index (κ1) is 28.3. The monoisotopic (exact) mass is 640 g/mol. The Hall–Kier alpha value is -6.78. The Labute approximate surface area is 287 Å². The van der Waals surface area contributed by atoms with Gasteiger partial charge in [0.15, 0.2) is 5.82 Å². The second-order valence-corrected chi connectivity index (χ2v) is 12.5. The first-order valence-corrected chi connectivity index (χ1v) is 16.7. The number of hydrogen-bond donors (Lipinski definition) is 0. The molecule has 0 aliphatic heterocycles. The van der Waals surface area contributed by atoms with Crippen LogP contribution in [0, 0.1) is 0 Å². The molecular weight excluding hydrogens is 613 g/mol. The summed E-state index contributed by atoms with van der Waals surface area (Å²) >= 11 is 0. The second-order valence-electron chi connectivity index (χ2n) is 12.5. The van der Waals surface area contributed by atoms with Crippen molar-refractivity contribution in [3.05, 3.63) is 170 Å². The van der Waals surface area contributed by atoms with E-state index in [1.165, 1.54) is 0 Å². The van der Waals surface area contributed by atoms with Gasteiger partial charge >= 0.3 is 0 Å². The van der Waals surface area contributed by atoms with Gasteiger partial charge in [0.2, 0.25) is 0 Å². The molecule has 0 aliphatic carbocycles. The van der Waals surface area contributed by atoms with E-state index in [1.807, 2.05) is 48.5 Å². The summed E-state index contributed by atoms with van der Waals surface area (Å²) in [6.07, 6.45) is 0. The van der Waals surface area contributed by atoms with Crippen molar-refractivity contribution >= 4 is 43.9 Å². The molecule has 0 bridgehead atoms. The lowest BCUT2D eigenvalue weighted by Gasteiger charge is -2.13. The number of rotatable bonds is 5. The average Bonchev–Trinajstić information content (AvgIpc) is 3.77. The topological polar surface area (TPSA) is 52.1 Å². The molecule has 4 heteroatoms. The molecular formula is C46H28N2O2. The first-order valence-electron chi connectivity index (χ1n) is 16.7. The number of para-hydroxylation sites is 2. The third-order valence-electron chi connectivity index (χ3n) is 9.50. The number of furan rings is 2. The SMILES string of the molecule is c1ccc(-c2cccc(-c3cc(-c4cccc5oc6ccccc6c45)nc(-c4cc(-c5ccccc5)cc5oc6ccccc6c45)n3)c2)cc1. The maximum Gasteiger partial charge on any atom is 0.161 e. The normalized spacial score (nSPS) is 11.6. The largest absolute Gasteiger partial charge is 0.456 e. The van der Waals surface area contributed by atoms with Crippen LogP contribution in [0.3, 0.4) is 0 Å². The third-order valence-corrected chi connectivity index (χ3v) is 9.50. The van der Waals surface area contributed by atoms with E-state index < -0.39 is 0 Å². The summed E-state index contributed by atoms with van der Waals surface area (Å²) in [5, 5.41) is 4.11. The molecule has 0 spiro atoms. The zero-order chi connectivity index (χ0) is 33.0. The summed E-state index contributed by atoms with van der Waals surface area (Å²) < 4.78 is 12.8. The highest BCUT2D eigenvalue weighted by Crippen LogP contribution is 2.42. The van der Waals surface area contributed by atoms with Crippen molar-refractivity contribution in [1.29, 1.82) is 0 Å². The van der Waals surface area contributed by atoms with Gasteiger partial charge in [-0.2, -0.15) is 0 Å². The molecule has 7 aromatic carbocycles. The maximum atomic E-state index is 6.50. The van der Waals surface area contributed by atoms with Crippen molar-refractivity contribution < 1.29 is 8.83 Å². The highest BCUT2D eigenvalue weighted by Gasteiger charge is 2.21.